The third-order valence-electron chi connectivity index (χ3n) is 3.48. The third kappa shape index (κ3) is 5.23. The van der Waals surface area contributed by atoms with Gasteiger partial charge in [0.1, 0.15) is 0 Å². The molecular weight excluding hydrogens is 429 g/mol. The van der Waals surface area contributed by atoms with Crippen LogP contribution in [-0.2, 0) is 6.54 Å². The Labute approximate surface area is 158 Å². The maximum absolute atomic E-state index is 6.07. The highest BCUT2D eigenvalue weighted by atomic mass is 127. The maximum Gasteiger partial charge on any atom is 0.203 e. The van der Waals surface area contributed by atoms with Crippen LogP contribution in [0, 0.1) is 0 Å². The van der Waals surface area contributed by atoms with E-state index in [9.17, 15) is 0 Å². The van der Waals surface area contributed by atoms with Crippen LogP contribution in [-0.4, -0.2) is 56.8 Å². The Hall–Kier alpha value is -1.03. The SMILES string of the molecule is COc1cc(CN=C(N)N2CCSCC2)cc(OC)c1OC.I. The fourth-order valence-corrected chi connectivity index (χ4v) is 3.19. The van der Waals surface area contributed by atoms with Gasteiger partial charge in [0, 0.05) is 24.6 Å². The third-order valence-corrected chi connectivity index (χ3v) is 4.43. The van der Waals surface area contributed by atoms with Crippen LogP contribution >= 0.6 is 35.7 Å². The Morgan fingerprint density at radius 3 is 2.17 bits per heavy atom. The minimum Gasteiger partial charge on any atom is -0.493 e. The predicted octanol–water partition coefficient (Wildman–Crippen LogP) is 2.19. The van der Waals surface area contributed by atoms with E-state index in [4.69, 9.17) is 19.9 Å². The average Bonchev–Trinajstić information content (AvgIpc) is 2.59. The second-order valence-corrected chi connectivity index (χ2v) is 6.03. The quantitative estimate of drug-likeness (QED) is 0.419. The lowest BCUT2D eigenvalue weighted by molar-refractivity contribution is 0.324. The van der Waals surface area contributed by atoms with Gasteiger partial charge in [-0.05, 0) is 17.7 Å². The number of nitrogens with zero attached hydrogens (tertiary/aromatic N) is 2. The van der Waals surface area contributed by atoms with Gasteiger partial charge < -0.3 is 24.8 Å². The van der Waals surface area contributed by atoms with Crippen LogP contribution < -0.4 is 19.9 Å². The van der Waals surface area contributed by atoms with Gasteiger partial charge in [0.2, 0.25) is 5.75 Å². The summed E-state index contributed by atoms with van der Waals surface area (Å²) in [6.45, 7) is 2.39. The minimum atomic E-state index is 0. The molecule has 23 heavy (non-hydrogen) atoms. The molecule has 0 atom stereocenters. The number of guanidine groups is 1. The molecule has 1 aliphatic rings. The van der Waals surface area contributed by atoms with Gasteiger partial charge in [-0.25, -0.2) is 4.99 Å². The zero-order valence-electron chi connectivity index (χ0n) is 13.7. The highest BCUT2D eigenvalue weighted by Gasteiger charge is 2.14. The van der Waals surface area contributed by atoms with Crippen molar-refractivity contribution in [2.75, 3.05) is 45.9 Å². The number of benzene rings is 1. The first-order valence-electron chi connectivity index (χ1n) is 7.11. The van der Waals surface area contributed by atoms with Gasteiger partial charge in [0.05, 0.1) is 27.9 Å². The van der Waals surface area contributed by atoms with E-state index in [0.29, 0.717) is 29.8 Å². The normalized spacial score (nSPS) is 14.9. The van der Waals surface area contributed by atoms with Crippen molar-refractivity contribution in [2.24, 2.45) is 10.7 Å². The van der Waals surface area contributed by atoms with Gasteiger partial charge in [-0.3, -0.25) is 0 Å². The monoisotopic (exact) mass is 453 g/mol. The van der Waals surface area contributed by atoms with Crippen LogP contribution in [0.3, 0.4) is 0 Å². The molecule has 0 saturated carbocycles. The summed E-state index contributed by atoms with van der Waals surface area (Å²) in [4.78, 5) is 6.60. The number of ether oxygens (including phenoxy) is 3. The molecule has 130 valence electrons. The number of aliphatic imine (C=N–C) groups is 1. The lowest BCUT2D eigenvalue weighted by Crippen LogP contribution is -2.42. The first kappa shape index (κ1) is 20.0. The average molecular weight is 453 g/mol. The summed E-state index contributed by atoms with van der Waals surface area (Å²) in [5.74, 6) is 4.62. The molecule has 1 aromatic carbocycles. The van der Waals surface area contributed by atoms with Crippen molar-refractivity contribution < 1.29 is 14.2 Å². The Balaban J connectivity index is 0.00000264. The summed E-state index contributed by atoms with van der Waals surface area (Å²) in [6, 6.07) is 3.79. The molecule has 0 unspecified atom stereocenters. The molecule has 0 aliphatic carbocycles. The van der Waals surface area contributed by atoms with Gasteiger partial charge in [0.15, 0.2) is 17.5 Å². The van der Waals surface area contributed by atoms with Gasteiger partial charge in [-0.2, -0.15) is 11.8 Å². The number of thioether (sulfide) groups is 1. The number of hydrogen-bond acceptors (Lipinski definition) is 5. The number of hydrogen-bond donors (Lipinski definition) is 1. The molecule has 2 rings (SSSR count). The van der Waals surface area contributed by atoms with Crippen LogP contribution in [0.5, 0.6) is 17.2 Å². The summed E-state index contributed by atoms with van der Waals surface area (Å²) in [5.41, 5.74) is 7.03. The van der Waals surface area contributed by atoms with Crippen molar-refractivity contribution in [3.05, 3.63) is 17.7 Å². The molecule has 2 N–H and O–H groups in total. The number of methoxy groups -OCH3 is 3. The van der Waals surface area contributed by atoms with Crippen molar-refractivity contribution in [1.82, 2.24) is 4.90 Å². The topological polar surface area (TPSA) is 69.3 Å². The Morgan fingerprint density at radius 1 is 1.13 bits per heavy atom. The van der Waals surface area contributed by atoms with Crippen LogP contribution in [0.25, 0.3) is 0 Å². The van der Waals surface area contributed by atoms with Gasteiger partial charge in [-0.15, -0.1) is 24.0 Å². The zero-order chi connectivity index (χ0) is 15.9. The lowest BCUT2D eigenvalue weighted by atomic mass is 10.2. The molecule has 1 heterocycles. The molecule has 8 heteroatoms. The van der Waals surface area contributed by atoms with Crippen molar-refractivity contribution in [2.45, 2.75) is 6.54 Å². The molecule has 1 fully saturated rings. The first-order chi connectivity index (χ1) is 10.7. The summed E-state index contributed by atoms with van der Waals surface area (Å²) in [7, 11) is 4.79. The fourth-order valence-electron chi connectivity index (χ4n) is 2.29. The molecular formula is C15H24IN3O3S. The summed E-state index contributed by atoms with van der Waals surface area (Å²) >= 11 is 1.95. The van der Waals surface area contributed by atoms with Crippen LogP contribution in [0.15, 0.2) is 17.1 Å². The number of nitrogens with two attached hydrogens (primary N) is 1. The van der Waals surface area contributed by atoms with E-state index < -0.39 is 0 Å². The van der Waals surface area contributed by atoms with E-state index in [-0.39, 0.29) is 24.0 Å². The van der Waals surface area contributed by atoms with Crippen LogP contribution in [0.4, 0.5) is 0 Å². The van der Waals surface area contributed by atoms with Crippen LogP contribution in [0.2, 0.25) is 0 Å². The van der Waals surface area contributed by atoms with Crippen molar-refractivity contribution in [3.8, 4) is 17.2 Å². The van der Waals surface area contributed by atoms with Crippen LogP contribution in [0.1, 0.15) is 5.56 Å². The molecule has 0 bridgehead atoms. The molecule has 0 spiro atoms. The first-order valence-corrected chi connectivity index (χ1v) is 8.26. The maximum atomic E-state index is 6.07. The van der Waals surface area contributed by atoms with E-state index >= 15 is 0 Å². The fraction of sp³-hybridized carbons (Fsp3) is 0.533. The highest BCUT2D eigenvalue weighted by Crippen LogP contribution is 2.38. The van der Waals surface area contributed by atoms with E-state index in [1.54, 1.807) is 21.3 Å². The van der Waals surface area contributed by atoms with Crippen molar-refractivity contribution in [3.63, 3.8) is 0 Å². The van der Waals surface area contributed by atoms with E-state index in [2.05, 4.69) is 9.89 Å². The Kier molecular flexibility index (Phi) is 8.67. The zero-order valence-corrected chi connectivity index (χ0v) is 16.9. The van der Waals surface area contributed by atoms with E-state index in [0.717, 1.165) is 30.2 Å². The Morgan fingerprint density at radius 2 is 1.70 bits per heavy atom. The summed E-state index contributed by atoms with van der Waals surface area (Å²) in [5, 5.41) is 0. The molecule has 0 amide bonds. The molecule has 1 aromatic rings. The number of rotatable bonds is 5. The van der Waals surface area contributed by atoms with Crippen molar-refractivity contribution >= 4 is 41.7 Å². The minimum absolute atomic E-state index is 0. The number of halogens is 1. The smallest absolute Gasteiger partial charge is 0.203 e. The summed E-state index contributed by atoms with van der Waals surface area (Å²) in [6.07, 6.45) is 0. The lowest BCUT2D eigenvalue weighted by Gasteiger charge is -2.27. The molecule has 0 aromatic heterocycles. The molecule has 1 saturated heterocycles. The van der Waals surface area contributed by atoms with Gasteiger partial charge >= 0.3 is 0 Å². The molecule has 1 aliphatic heterocycles. The standard InChI is InChI=1S/C15H23N3O3S.HI/c1-19-12-8-11(9-13(20-2)14(12)21-3)10-17-15(16)18-4-6-22-7-5-18;/h8-9H,4-7,10H2,1-3H3,(H2,16,17);1H. The van der Waals surface area contributed by atoms with E-state index in [1.165, 1.54) is 0 Å². The largest absolute Gasteiger partial charge is 0.493 e. The second-order valence-electron chi connectivity index (χ2n) is 4.81. The van der Waals surface area contributed by atoms with Gasteiger partial charge in [0.25, 0.3) is 0 Å². The molecule has 6 nitrogen and oxygen atoms in total. The summed E-state index contributed by atoms with van der Waals surface area (Å²) < 4.78 is 16.0. The van der Waals surface area contributed by atoms with E-state index in [1.807, 2.05) is 23.9 Å². The predicted molar refractivity (Wildman–Crippen MR) is 106 cm³/mol. The second kappa shape index (κ2) is 9.96. The highest BCUT2D eigenvalue weighted by molar-refractivity contribution is 14.0. The molecule has 0 radical (unpaired) electrons. The van der Waals surface area contributed by atoms with Crippen molar-refractivity contribution in [1.29, 1.82) is 0 Å². The Bertz CT molecular complexity index is 512. The van der Waals surface area contributed by atoms with Gasteiger partial charge in [-0.1, -0.05) is 0 Å².